The van der Waals surface area contributed by atoms with E-state index in [-0.39, 0.29) is 6.61 Å². The van der Waals surface area contributed by atoms with E-state index in [0.29, 0.717) is 5.75 Å². The average molecular weight is 269 g/mol. The lowest BCUT2D eigenvalue weighted by Gasteiger charge is -2.09. The molecule has 1 unspecified atom stereocenters. The second-order valence-corrected chi connectivity index (χ2v) is 3.66. The fourth-order valence-corrected chi connectivity index (χ4v) is 1.19. The molecule has 0 aliphatic heterocycles. The van der Waals surface area contributed by atoms with Crippen LogP contribution < -0.4 is 10.1 Å². The number of carboxylic acid groups (broad SMARTS) is 1. The molecule has 7 nitrogen and oxygen atoms in total. The molecule has 0 saturated carbocycles. The minimum atomic E-state index is -1.64. The number of hydrogen-bond acceptors (Lipinski definition) is 5. The van der Waals surface area contributed by atoms with Crippen molar-refractivity contribution in [2.45, 2.75) is 12.7 Å². The third kappa shape index (κ3) is 5.26. The normalized spacial score (nSPS) is 11.5. The number of aliphatic hydroxyl groups excluding tert-OH is 1. The standard InChI is InChI=1S/C12H15NO6/c1-18-9-4-2-8(3-5-9)7-19-12(17)13-6-10(14)11(15)16/h2-5,10,14H,6-7H2,1H3,(H,13,17)(H,15,16). The summed E-state index contributed by atoms with van der Waals surface area (Å²) in [6, 6.07) is 6.92. The van der Waals surface area contributed by atoms with Crippen LogP contribution in [0.5, 0.6) is 5.75 Å². The average Bonchev–Trinajstić information content (AvgIpc) is 2.42. The number of benzene rings is 1. The Labute approximate surface area is 109 Å². The maximum atomic E-state index is 11.2. The first kappa shape index (κ1) is 14.8. The lowest BCUT2D eigenvalue weighted by molar-refractivity contribution is -0.146. The Balaban J connectivity index is 2.31. The van der Waals surface area contributed by atoms with E-state index in [4.69, 9.17) is 19.7 Å². The molecule has 104 valence electrons. The molecule has 0 saturated heterocycles. The van der Waals surface area contributed by atoms with Gasteiger partial charge in [-0.3, -0.25) is 0 Å². The molecular formula is C12H15NO6. The van der Waals surface area contributed by atoms with Gasteiger partial charge in [-0.05, 0) is 17.7 Å². The molecule has 0 radical (unpaired) electrons. The summed E-state index contributed by atoms with van der Waals surface area (Å²) in [6.07, 6.45) is -2.44. The van der Waals surface area contributed by atoms with Gasteiger partial charge in [-0.15, -0.1) is 0 Å². The molecule has 0 aliphatic rings. The van der Waals surface area contributed by atoms with Gasteiger partial charge in [0.25, 0.3) is 0 Å². The Morgan fingerprint density at radius 2 is 1.95 bits per heavy atom. The van der Waals surface area contributed by atoms with Crippen molar-refractivity contribution in [2.24, 2.45) is 0 Å². The maximum Gasteiger partial charge on any atom is 0.407 e. The van der Waals surface area contributed by atoms with Crippen LogP contribution in [0.1, 0.15) is 5.56 Å². The molecule has 1 atom stereocenters. The van der Waals surface area contributed by atoms with Crippen LogP contribution in [0, 0.1) is 0 Å². The van der Waals surface area contributed by atoms with Crippen molar-refractivity contribution in [3.05, 3.63) is 29.8 Å². The predicted octanol–water partition coefficient (Wildman–Crippen LogP) is 0.367. The van der Waals surface area contributed by atoms with Crippen molar-refractivity contribution in [1.29, 1.82) is 0 Å². The van der Waals surface area contributed by atoms with Crippen molar-refractivity contribution in [3.63, 3.8) is 0 Å². The van der Waals surface area contributed by atoms with Crippen LogP contribution in [0.3, 0.4) is 0 Å². The molecule has 0 aromatic heterocycles. The van der Waals surface area contributed by atoms with E-state index in [1.165, 1.54) is 0 Å². The molecule has 1 rings (SSSR count). The zero-order valence-electron chi connectivity index (χ0n) is 10.3. The smallest absolute Gasteiger partial charge is 0.407 e. The van der Waals surface area contributed by atoms with Crippen LogP contribution >= 0.6 is 0 Å². The summed E-state index contributed by atoms with van der Waals surface area (Å²) in [6.45, 7) is -0.365. The van der Waals surface area contributed by atoms with E-state index in [1.54, 1.807) is 31.4 Å². The summed E-state index contributed by atoms with van der Waals surface area (Å²) in [5, 5.41) is 19.5. The molecule has 0 heterocycles. The maximum absolute atomic E-state index is 11.2. The number of hydrogen-bond donors (Lipinski definition) is 3. The highest BCUT2D eigenvalue weighted by molar-refractivity contribution is 5.74. The number of carbonyl (C=O) groups excluding carboxylic acids is 1. The highest BCUT2D eigenvalue weighted by Gasteiger charge is 2.14. The number of amides is 1. The summed E-state index contributed by atoms with van der Waals surface area (Å²) in [5.41, 5.74) is 0.759. The molecule has 7 heteroatoms. The monoisotopic (exact) mass is 269 g/mol. The van der Waals surface area contributed by atoms with Crippen molar-refractivity contribution >= 4 is 12.1 Å². The topological polar surface area (TPSA) is 105 Å². The number of carboxylic acids is 1. The minimum absolute atomic E-state index is 0.0407. The summed E-state index contributed by atoms with van der Waals surface area (Å²) in [7, 11) is 1.55. The Kier molecular flexibility index (Phi) is 5.62. The van der Waals surface area contributed by atoms with E-state index in [2.05, 4.69) is 5.32 Å². The first-order valence-corrected chi connectivity index (χ1v) is 5.47. The van der Waals surface area contributed by atoms with Gasteiger partial charge in [0.1, 0.15) is 12.4 Å². The fraction of sp³-hybridized carbons (Fsp3) is 0.333. The number of methoxy groups -OCH3 is 1. The molecule has 3 N–H and O–H groups in total. The van der Waals surface area contributed by atoms with E-state index >= 15 is 0 Å². The first-order chi connectivity index (χ1) is 9.02. The van der Waals surface area contributed by atoms with Crippen molar-refractivity contribution in [3.8, 4) is 5.75 Å². The number of nitrogens with one attached hydrogen (secondary N) is 1. The van der Waals surface area contributed by atoms with E-state index in [0.717, 1.165) is 5.56 Å². The van der Waals surface area contributed by atoms with Crippen LogP contribution in [-0.4, -0.2) is 42.0 Å². The fourth-order valence-electron chi connectivity index (χ4n) is 1.19. The third-order valence-corrected chi connectivity index (χ3v) is 2.25. The van der Waals surface area contributed by atoms with Crippen LogP contribution in [0.25, 0.3) is 0 Å². The van der Waals surface area contributed by atoms with Gasteiger partial charge < -0.3 is 25.0 Å². The predicted molar refractivity (Wildman–Crippen MR) is 64.8 cm³/mol. The molecular weight excluding hydrogens is 254 g/mol. The zero-order chi connectivity index (χ0) is 14.3. The second-order valence-electron chi connectivity index (χ2n) is 3.66. The van der Waals surface area contributed by atoms with E-state index in [1.807, 2.05) is 0 Å². The Morgan fingerprint density at radius 1 is 1.32 bits per heavy atom. The Hall–Kier alpha value is -2.28. The van der Waals surface area contributed by atoms with Gasteiger partial charge in [0.05, 0.1) is 13.7 Å². The van der Waals surface area contributed by atoms with E-state index in [9.17, 15) is 9.59 Å². The molecule has 19 heavy (non-hydrogen) atoms. The summed E-state index contributed by atoms with van der Waals surface area (Å²) in [4.78, 5) is 21.5. The first-order valence-electron chi connectivity index (χ1n) is 5.47. The molecule has 0 aliphatic carbocycles. The zero-order valence-corrected chi connectivity index (χ0v) is 10.3. The molecule has 1 aromatic rings. The highest BCUT2D eigenvalue weighted by Crippen LogP contribution is 2.11. The molecule has 1 aromatic carbocycles. The molecule has 0 bridgehead atoms. The summed E-state index contributed by atoms with van der Waals surface area (Å²) in [5.74, 6) is -0.715. The van der Waals surface area contributed by atoms with Crippen LogP contribution in [0.4, 0.5) is 4.79 Å². The summed E-state index contributed by atoms with van der Waals surface area (Å²) >= 11 is 0. The van der Waals surface area contributed by atoms with E-state index < -0.39 is 24.7 Å². The number of carbonyl (C=O) groups is 2. The van der Waals surface area contributed by atoms with Gasteiger partial charge in [-0.25, -0.2) is 9.59 Å². The lowest BCUT2D eigenvalue weighted by atomic mass is 10.2. The minimum Gasteiger partial charge on any atom is -0.497 e. The molecule has 1 amide bonds. The summed E-state index contributed by atoms with van der Waals surface area (Å²) < 4.78 is 9.82. The van der Waals surface area contributed by atoms with Crippen molar-refractivity contribution in [1.82, 2.24) is 5.32 Å². The van der Waals surface area contributed by atoms with Crippen LogP contribution in [0.15, 0.2) is 24.3 Å². The number of alkyl carbamates (subject to hydrolysis) is 1. The Bertz CT molecular complexity index is 430. The highest BCUT2D eigenvalue weighted by atomic mass is 16.5. The Morgan fingerprint density at radius 3 is 2.47 bits per heavy atom. The van der Waals surface area contributed by atoms with Gasteiger partial charge in [0.15, 0.2) is 6.10 Å². The van der Waals surface area contributed by atoms with Gasteiger partial charge in [-0.2, -0.15) is 0 Å². The van der Waals surface area contributed by atoms with Crippen molar-refractivity contribution < 1.29 is 29.3 Å². The number of aliphatic carboxylic acids is 1. The lowest BCUT2D eigenvalue weighted by Crippen LogP contribution is -2.36. The number of rotatable bonds is 6. The SMILES string of the molecule is COc1ccc(COC(=O)NCC(O)C(=O)O)cc1. The molecule has 0 fully saturated rings. The van der Waals surface area contributed by atoms with Gasteiger partial charge in [0.2, 0.25) is 0 Å². The van der Waals surface area contributed by atoms with Crippen LogP contribution in [0.2, 0.25) is 0 Å². The quantitative estimate of drug-likeness (QED) is 0.689. The second kappa shape index (κ2) is 7.22. The largest absolute Gasteiger partial charge is 0.497 e. The third-order valence-electron chi connectivity index (χ3n) is 2.25. The van der Waals surface area contributed by atoms with Gasteiger partial charge in [-0.1, -0.05) is 12.1 Å². The van der Waals surface area contributed by atoms with Crippen molar-refractivity contribution in [2.75, 3.05) is 13.7 Å². The van der Waals surface area contributed by atoms with Gasteiger partial charge in [0, 0.05) is 0 Å². The number of ether oxygens (including phenoxy) is 2. The number of aliphatic hydroxyl groups is 1. The van der Waals surface area contributed by atoms with Gasteiger partial charge >= 0.3 is 12.1 Å². The molecule has 0 spiro atoms. The van der Waals surface area contributed by atoms with Crippen LogP contribution in [-0.2, 0) is 16.1 Å².